The van der Waals surface area contributed by atoms with Gasteiger partial charge in [0.15, 0.2) is 0 Å². The Balaban J connectivity index is 3.04. The van der Waals surface area contributed by atoms with Gasteiger partial charge < -0.3 is 5.32 Å². The highest BCUT2D eigenvalue weighted by atomic mass is 79.9. The number of halogens is 4. The molecule has 0 aliphatic rings. The molecule has 1 rings (SSSR count). The first-order valence-electron chi connectivity index (χ1n) is 4.39. The Morgan fingerprint density at radius 3 is 2.56 bits per heavy atom. The summed E-state index contributed by atoms with van der Waals surface area (Å²) in [6, 6.07) is 4.65. The quantitative estimate of drug-likeness (QED) is 0.835. The second-order valence-corrected chi connectivity index (χ2v) is 4.02. The highest BCUT2D eigenvalue weighted by Crippen LogP contribution is 2.32. The average molecular weight is 296 g/mol. The lowest BCUT2D eigenvalue weighted by molar-refractivity contribution is -0.137. The Bertz CT molecular complexity index is 392. The van der Waals surface area contributed by atoms with Crippen molar-refractivity contribution in [2.75, 3.05) is 7.05 Å². The summed E-state index contributed by atoms with van der Waals surface area (Å²) in [6.45, 7) is 0. The molecule has 0 aliphatic carbocycles. The number of carbonyl (C=O) groups is 1. The van der Waals surface area contributed by atoms with Crippen molar-refractivity contribution in [2.45, 2.75) is 11.0 Å². The monoisotopic (exact) mass is 295 g/mol. The summed E-state index contributed by atoms with van der Waals surface area (Å²) in [5.74, 6) is -0.390. The summed E-state index contributed by atoms with van der Waals surface area (Å²) in [7, 11) is 1.42. The number of rotatable bonds is 2. The van der Waals surface area contributed by atoms with Crippen LogP contribution < -0.4 is 5.32 Å². The van der Waals surface area contributed by atoms with Gasteiger partial charge in [0.05, 0.1) is 5.56 Å². The van der Waals surface area contributed by atoms with E-state index in [4.69, 9.17) is 0 Å². The van der Waals surface area contributed by atoms with Crippen LogP contribution in [0.2, 0.25) is 0 Å². The summed E-state index contributed by atoms with van der Waals surface area (Å²) in [5, 5.41) is 2.35. The molecule has 1 aromatic carbocycles. The first kappa shape index (κ1) is 13.0. The topological polar surface area (TPSA) is 29.1 Å². The summed E-state index contributed by atoms with van der Waals surface area (Å²) < 4.78 is 37.2. The Kier molecular flexibility index (Phi) is 3.96. The van der Waals surface area contributed by atoms with Crippen LogP contribution in [0.4, 0.5) is 13.2 Å². The van der Waals surface area contributed by atoms with Crippen molar-refractivity contribution in [1.29, 1.82) is 0 Å². The van der Waals surface area contributed by atoms with Crippen molar-refractivity contribution in [2.24, 2.45) is 0 Å². The van der Waals surface area contributed by atoms with Crippen LogP contribution in [0.5, 0.6) is 0 Å². The molecule has 0 fully saturated rings. The molecule has 88 valence electrons. The van der Waals surface area contributed by atoms with Crippen molar-refractivity contribution in [3.8, 4) is 0 Å². The first-order valence-corrected chi connectivity index (χ1v) is 5.30. The van der Waals surface area contributed by atoms with Crippen LogP contribution >= 0.6 is 15.9 Å². The Hall–Kier alpha value is -1.04. The summed E-state index contributed by atoms with van der Waals surface area (Å²) in [6.07, 6.45) is -4.40. The number of amides is 1. The largest absolute Gasteiger partial charge is 0.416 e. The second-order valence-electron chi connectivity index (χ2n) is 3.10. The smallest absolute Gasteiger partial charge is 0.358 e. The Morgan fingerprint density at radius 2 is 2.06 bits per heavy atom. The normalized spacial score (nSPS) is 13.3. The van der Waals surface area contributed by atoms with Crippen LogP contribution in [0.3, 0.4) is 0 Å². The van der Waals surface area contributed by atoms with Gasteiger partial charge >= 0.3 is 6.18 Å². The van der Waals surface area contributed by atoms with E-state index in [1.165, 1.54) is 19.2 Å². The molecule has 0 spiro atoms. The predicted octanol–water partition coefficient (Wildman–Crippen LogP) is 2.89. The third-order valence-electron chi connectivity index (χ3n) is 1.98. The van der Waals surface area contributed by atoms with Crippen molar-refractivity contribution in [1.82, 2.24) is 5.32 Å². The van der Waals surface area contributed by atoms with E-state index in [1.807, 2.05) is 0 Å². The molecule has 0 aromatic heterocycles. The highest BCUT2D eigenvalue weighted by molar-refractivity contribution is 9.09. The van der Waals surface area contributed by atoms with E-state index >= 15 is 0 Å². The summed E-state index contributed by atoms with van der Waals surface area (Å²) in [5.41, 5.74) is -0.493. The molecule has 1 amide bonds. The standard InChI is InChI=1S/C10H9BrF3NO/c1-15-9(16)8(11)6-3-2-4-7(5-6)10(12,13)14/h2-5,8H,1H3,(H,15,16). The van der Waals surface area contributed by atoms with Gasteiger partial charge in [0.1, 0.15) is 4.83 Å². The zero-order valence-electron chi connectivity index (χ0n) is 8.31. The lowest BCUT2D eigenvalue weighted by Gasteiger charge is -2.11. The molecule has 1 unspecified atom stereocenters. The van der Waals surface area contributed by atoms with Gasteiger partial charge in [-0.3, -0.25) is 4.79 Å². The van der Waals surface area contributed by atoms with Gasteiger partial charge in [-0.2, -0.15) is 13.2 Å². The van der Waals surface area contributed by atoms with E-state index < -0.39 is 16.6 Å². The number of alkyl halides is 4. The lowest BCUT2D eigenvalue weighted by atomic mass is 10.1. The molecule has 0 saturated heterocycles. The lowest BCUT2D eigenvalue weighted by Crippen LogP contribution is -2.22. The van der Waals surface area contributed by atoms with Crippen LogP contribution in [0.25, 0.3) is 0 Å². The number of benzene rings is 1. The van der Waals surface area contributed by atoms with Crippen LogP contribution in [0.15, 0.2) is 24.3 Å². The van der Waals surface area contributed by atoms with Gasteiger partial charge in [0, 0.05) is 7.05 Å². The SMILES string of the molecule is CNC(=O)C(Br)c1cccc(C(F)(F)F)c1. The first-order chi connectivity index (χ1) is 7.36. The van der Waals surface area contributed by atoms with E-state index in [2.05, 4.69) is 21.2 Å². The zero-order chi connectivity index (χ0) is 12.3. The molecule has 1 atom stereocenters. The predicted molar refractivity (Wildman–Crippen MR) is 57.2 cm³/mol. The van der Waals surface area contributed by atoms with Crippen molar-refractivity contribution >= 4 is 21.8 Å². The molecule has 0 aliphatic heterocycles. The van der Waals surface area contributed by atoms with E-state index in [9.17, 15) is 18.0 Å². The van der Waals surface area contributed by atoms with Crippen LogP contribution in [-0.4, -0.2) is 13.0 Å². The van der Waals surface area contributed by atoms with Crippen LogP contribution in [0, 0.1) is 0 Å². The highest BCUT2D eigenvalue weighted by Gasteiger charge is 2.31. The molecule has 0 radical (unpaired) electrons. The molecule has 0 saturated carbocycles. The third-order valence-corrected chi connectivity index (χ3v) is 2.93. The molecule has 0 bridgehead atoms. The maximum absolute atomic E-state index is 12.4. The molecule has 0 heterocycles. The van der Waals surface area contributed by atoms with E-state index in [0.29, 0.717) is 0 Å². The van der Waals surface area contributed by atoms with E-state index in [0.717, 1.165) is 12.1 Å². The molecular weight excluding hydrogens is 287 g/mol. The fourth-order valence-electron chi connectivity index (χ4n) is 1.15. The fourth-order valence-corrected chi connectivity index (χ4v) is 1.66. The van der Waals surface area contributed by atoms with Gasteiger partial charge in [0.2, 0.25) is 5.91 Å². The van der Waals surface area contributed by atoms with Crippen molar-refractivity contribution < 1.29 is 18.0 Å². The fraction of sp³-hybridized carbons (Fsp3) is 0.300. The Labute approximate surface area is 99.0 Å². The maximum Gasteiger partial charge on any atom is 0.416 e. The summed E-state index contributed by atoms with van der Waals surface area (Å²) >= 11 is 3.03. The van der Waals surface area contributed by atoms with Crippen molar-refractivity contribution in [3.05, 3.63) is 35.4 Å². The van der Waals surface area contributed by atoms with E-state index in [-0.39, 0.29) is 11.5 Å². The van der Waals surface area contributed by atoms with Crippen LogP contribution in [-0.2, 0) is 11.0 Å². The van der Waals surface area contributed by atoms with Gasteiger partial charge in [-0.05, 0) is 11.6 Å². The van der Waals surface area contributed by atoms with Gasteiger partial charge in [-0.1, -0.05) is 34.1 Å². The molecule has 1 N–H and O–H groups in total. The molecule has 1 aromatic rings. The number of hydrogen-bond donors (Lipinski definition) is 1. The average Bonchev–Trinajstić information content (AvgIpc) is 2.26. The minimum absolute atomic E-state index is 0.272. The molecular formula is C10H9BrF3NO. The number of likely N-dealkylation sites (N-methyl/N-ethyl adjacent to an activating group) is 1. The molecule has 16 heavy (non-hydrogen) atoms. The number of hydrogen-bond acceptors (Lipinski definition) is 1. The second kappa shape index (κ2) is 4.86. The van der Waals surface area contributed by atoms with E-state index in [1.54, 1.807) is 0 Å². The third kappa shape index (κ3) is 2.98. The zero-order valence-corrected chi connectivity index (χ0v) is 9.89. The Morgan fingerprint density at radius 1 is 1.44 bits per heavy atom. The minimum atomic E-state index is -4.40. The van der Waals surface area contributed by atoms with Gasteiger partial charge in [0.25, 0.3) is 0 Å². The molecule has 2 nitrogen and oxygen atoms in total. The minimum Gasteiger partial charge on any atom is -0.358 e. The maximum atomic E-state index is 12.4. The molecule has 6 heteroatoms. The summed E-state index contributed by atoms with van der Waals surface area (Å²) in [4.78, 5) is 10.5. The number of nitrogens with one attached hydrogen (secondary N) is 1. The number of carbonyl (C=O) groups excluding carboxylic acids is 1. The van der Waals surface area contributed by atoms with Gasteiger partial charge in [-0.15, -0.1) is 0 Å². The van der Waals surface area contributed by atoms with Gasteiger partial charge in [-0.25, -0.2) is 0 Å². The van der Waals surface area contributed by atoms with Crippen LogP contribution in [0.1, 0.15) is 16.0 Å². The van der Waals surface area contributed by atoms with Crippen molar-refractivity contribution in [3.63, 3.8) is 0 Å².